The van der Waals surface area contributed by atoms with Crippen LogP contribution in [-0.4, -0.2) is 41.6 Å². The summed E-state index contributed by atoms with van der Waals surface area (Å²) >= 11 is 1.60. The van der Waals surface area contributed by atoms with Crippen LogP contribution < -0.4 is 4.90 Å². The average Bonchev–Trinajstić information content (AvgIpc) is 3.30. The number of anilines is 1. The summed E-state index contributed by atoms with van der Waals surface area (Å²) in [6, 6.07) is 10.3. The third-order valence-corrected chi connectivity index (χ3v) is 4.86. The highest BCUT2D eigenvalue weighted by Gasteiger charge is 2.20. The van der Waals surface area contributed by atoms with Crippen LogP contribution in [0.5, 0.6) is 0 Å². The van der Waals surface area contributed by atoms with Crippen molar-refractivity contribution < 1.29 is 4.79 Å². The highest BCUT2D eigenvalue weighted by Crippen LogP contribution is 2.25. The highest BCUT2D eigenvalue weighted by molar-refractivity contribution is 7.08. The Morgan fingerprint density at radius 2 is 1.96 bits per heavy atom. The minimum Gasteiger partial charge on any atom is -0.378 e. The van der Waals surface area contributed by atoms with Gasteiger partial charge in [-0.2, -0.15) is 16.4 Å². The standard InChI is InChI=1S/C19H22N4OS/c1-4-23(12-14-5-7-16(8-6-14)22(2)3)19(24)17-11-20-21-18(17)15-9-10-25-13-15/h5-11,13H,4,12H2,1-3H3,(H,20,21). The maximum Gasteiger partial charge on any atom is 0.257 e. The molecule has 3 aromatic rings. The van der Waals surface area contributed by atoms with Crippen molar-refractivity contribution in [3.05, 3.63) is 58.4 Å². The SMILES string of the molecule is CCN(Cc1ccc(N(C)C)cc1)C(=O)c1cn[nH]c1-c1ccsc1. The number of H-pyrrole nitrogens is 1. The first-order chi connectivity index (χ1) is 12.1. The van der Waals surface area contributed by atoms with Crippen molar-refractivity contribution in [2.45, 2.75) is 13.5 Å². The van der Waals surface area contributed by atoms with Crippen LogP contribution in [0.4, 0.5) is 5.69 Å². The highest BCUT2D eigenvalue weighted by atomic mass is 32.1. The van der Waals surface area contributed by atoms with E-state index in [1.807, 2.05) is 42.7 Å². The van der Waals surface area contributed by atoms with Crippen LogP contribution in [0.15, 0.2) is 47.3 Å². The van der Waals surface area contributed by atoms with Gasteiger partial charge in [-0.15, -0.1) is 0 Å². The number of aromatic nitrogens is 2. The molecule has 0 aliphatic heterocycles. The van der Waals surface area contributed by atoms with E-state index in [1.54, 1.807) is 17.5 Å². The Morgan fingerprint density at radius 3 is 2.56 bits per heavy atom. The minimum absolute atomic E-state index is 0.00543. The number of benzene rings is 1. The summed E-state index contributed by atoms with van der Waals surface area (Å²) in [6.07, 6.45) is 1.62. The fourth-order valence-corrected chi connectivity index (χ4v) is 3.34. The molecule has 0 saturated heterocycles. The predicted molar refractivity (Wildman–Crippen MR) is 103 cm³/mol. The second kappa shape index (κ2) is 7.53. The smallest absolute Gasteiger partial charge is 0.257 e. The Morgan fingerprint density at radius 1 is 1.20 bits per heavy atom. The van der Waals surface area contributed by atoms with Gasteiger partial charge in [0.25, 0.3) is 5.91 Å². The van der Waals surface area contributed by atoms with Crippen LogP contribution in [0.25, 0.3) is 11.3 Å². The molecule has 1 aromatic carbocycles. The summed E-state index contributed by atoms with van der Waals surface area (Å²) in [5.74, 6) is -0.00543. The number of aromatic amines is 1. The van der Waals surface area contributed by atoms with E-state index in [4.69, 9.17) is 0 Å². The fraction of sp³-hybridized carbons (Fsp3) is 0.263. The lowest BCUT2D eigenvalue weighted by atomic mass is 10.1. The molecule has 0 fully saturated rings. The van der Waals surface area contributed by atoms with Crippen molar-refractivity contribution in [1.82, 2.24) is 15.1 Å². The number of carbonyl (C=O) groups excluding carboxylic acids is 1. The Kier molecular flexibility index (Phi) is 5.19. The van der Waals surface area contributed by atoms with Gasteiger partial charge in [-0.25, -0.2) is 0 Å². The van der Waals surface area contributed by atoms with Gasteiger partial charge in [-0.3, -0.25) is 9.89 Å². The summed E-state index contributed by atoms with van der Waals surface area (Å²) in [6.45, 7) is 3.22. The Bertz CT molecular complexity index is 821. The number of nitrogens with zero attached hydrogens (tertiary/aromatic N) is 3. The monoisotopic (exact) mass is 354 g/mol. The molecule has 0 bridgehead atoms. The number of amides is 1. The Balaban J connectivity index is 1.79. The van der Waals surface area contributed by atoms with Crippen LogP contribution in [0, 0.1) is 0 Å². The minimum atomic E-state index is -0.00543. The van der Waals surface area contributed by atoms with E-state index < -0.39 is 0 Å². The van der Waals surface area contributed by atoms with Crippen LogP contribution in [0.1, 0.15) is 22.8 Å². The van der Waals surface area contributed by atoms with E-state index in [1.165, 1.54) is 0 Å². The second-order valence-corrected chi connectivity index (χ2v) is 6.83. The normalized spacial score (nSPS) is 10.7. The van der Waals surface area contributed by atoms with Crippen molar-refractivity contribution in [1.29, 1.82) is 0 Å². The van der Waals surface area contributed by atoms with Gasteiger partial charge in [0.05, 0.1) is 17.5 Å². The van der Waals surface area contributed by atoms with Gasteiger partial charge < -0.3 is 9.80 Å². The maximum absolute atomic E-state index is 13.0. The molecule has 0 spiro atoms. The number of thiophene rings is 1. The van der Waals surface area contributed by atoms with Crippen molar-refractivity contribution in [3.63, 3.8) is 0 Å². The molecule has 0 unspecified atom stereocenters. The van der Waals surface area contributed by atoms with E-state index in [0.29, 0.717) is 18.7 Å². The van der Waals surface area contributed by atoms with Crippen molar-refractivity contribution in [2.24, 2.45) is 0 Å². The van der Waals surface area contributed by atoms with Crippen molar-refractivity contribution >= 4 is 22.9 Å². The number of hydrogen-bond donors (Lipinski definition) is 1. The Hall–Kier alpha value is -2.60. The third kappa shape index (κ3) is 3.74. The predicted octanol–water partition coefficient (Wildman–Crippen LogP) is 3.87. The summed E-state index contributed by atoms with van der Waals surface area (Å²) < 4.78 is 0. The zero-order chi connectivity index (χ0) is 17.8. The molecule has 5 nitrogen and oxygen atoms in total. The fourth-order valence-electron chi connectivity index (χ4n) is 2.69. The van der Waals surface area contributed by atoms with Gasteiger partial charge >= 0.3 is 0 Å². The van der Waals surface area contributed by atoms with Crippen LogP contribution in [0.3, 0.4) is 0 Å². The van der Waals surface area contributed by atoms with Crippen molar-refractivity contribution in [2.75, 3.05) is 25.5 Å². The number of nitrogens with one attached hydrogen (secondary N) is 1. The zero-order valence-corrected chi connectivity index (χ0v) is 15.5. The van der Waals surface area contributed by atoms with E-state index in [0.717, 1.165) is 22.5 Å². The van der Waals surface area contributed by atoms with Gasteiger partial charge in [0.15, 0.2) is 0 Å². The number of hydrogen-bond acceptors (Lipinski definition) is 4. The summed E-state index contributed by atoms with van der Waals surface area (Å²) in [4.78, 5) is 16.9. The lowest BCUT2D eigenvalue weighted by Crippen LogP contribution is -2.30. The van der Waals surface area contributed by atoms with Crippen LogP contribution in [0.2, 0.25) is 0 Å². The van der Waals surface area contributed by atoms with E-state index >= 15 is 0 Å². The molecule has 2 heterocycles. The van der Waals surface area contributed by atoms with Crippen LogP contribution in [-0.2, 0) is 6.54 Å². The van der Waals surface area contributed by atoms with Gasteiger partial charge in [-0.1, -0.05) is 12.1 Å². The molecule has 1 N–H and O–H groups in total. The lowest BCUT2D eigenvalue weighted by molar-refractivity contribution is 0.0753. The Labute approximate surface area is 151 Å². The second-order valence-electron chi connectivity index (χ2n) is 6.05. The third-order valence-electron chi connectivity index (χ3n) is 4.17. The van der Waals surface area contributed by atoms with E-state index in [2.05, 4.69) is 39.4 Å². The lowest BCUT2D eigenvalue weighted by Gasteiger charge is -2.21. The molecule has 130 valence electrons. The maximum atomic E-state index is 13.0. The van der Waals surface area contributed by atoms with Crippen LogP contribution >= 0.6 is 11.3 Å². The van der Waals surface area contributed by atoms with E-state index in [9.17, 15) is 4.79 Å². The van der Waals surface area contributed by atoms with Gasteiger partial charge in [-0.05, 0) is 36.1 Å². The molecule has 0 aliphatic carbocycles. The molecular formula is C19H22N4OS. The quantitative estimate of drug-likeness (QED) is 0.731. The molecule has 0 atom stereocenters. The van der Waals surface area contributed by atoms with E-state index in [-0.39, 0.29) is 5.91 Å². The zero-order valence-electron chi connectivity index (χ0n) is 14.7. The summed E-state index contributed by atoms with van der Waals surface area (Å²) in [5.41, 5.74) is 4.66. The molecule has 25 heavy (non-hydrogen) atoms. The molecule has 3 rings (SSSR count). The molecule has 0 saturated carbocycles. The molecule has 1 amide bonds. The molecule has 0 aliphatic rings. The summed E-state index contributed by atoms with van der Waals surface area (Å²) in [7, 11) is 4.03. The van der Waals surface area contributed by atoms with Crippen molar-refractivity contribution in [3.8, 4) is 11.3 Å². The number of carbonyl (C=O) groups is 1. The molecular weight excluding hydrogens is 332 g/mol. The van der Waals surface area contributed by atoms with Gasteiger partial charge in [0.2, 0.25) is 0 Å². The number of rotatable bonds is 6. The summed E-state index contributed by atoms with van der Waals surface area (Å²) in [5, 5.41) is 11.0. The first kappa shape index (κ1) is 17.2. The molecule has 6 heteroatoms. The first-order valence-electron chi connectivity index (χ1n) is 8.21. The molecule has 0 radical (unpaired) electrons. The van der Waals surface area contributed by atoms with Gasteiger partial charge in [0, 0.05) is 43.8 Å². The first-order valence-corrected chi connectivity index (χ1v) is 9.16. The average molecular weight is 354 g/mol. The molecule has 2 aromatic heterocycles. The topological polar surface area (TPSA) is 52.2 Å². The van der Waals surface area contributed by atoms with Gasteiger partial charge in [0.1, 0.15) is 0 Å². The largest absolute Gasteiger partial charge is 0.378 e.